The maximum absolute atomic E-state index is 12.6. The van der Waals surface area contributed by atoms with Gasteiger partial charge in [-0.05, 0) is 33.8 Å². The lowest BCUT2D eigenvalue weighted by Crippen LogP contribution is -2.51. The van der Waals surface area contributed by atoms with Gasteiger partial charge in [-0.2, -0.15) is 0 Å². The van der Waals surface area contributed by atoms with Gasteiger partial charge in [0.2, 0.25) is 0 Å². The smallest absolute Gasteiger partial charge is 0.408 e. The summed E-state index contributed by atoms with van der Waals surface area (Å²) in [4.78, 5) is 74.3. The van der Waals surface area contributed by atoms with Crippen molar-refractivity contribution in [1.82, 2.24) is 20.3 Å². The number of nitrogens with one attached hydrogen (secondary N) is 3. The molecule has 0 saturated carbocycles. The van der Waals surface area contributed by atoms with Crippen molar-refractivity contribution < 1.29 is 43.0 Å². The van der Waals surface area contributed by atoms with E-state index in [0.717, 1.165) is 16.9 Å². The SMILES string of the molecule is CCOC(=O)CN(CCNC(=O)OC(C)(C)C)n1cc(C#CCNC(=O)OCc2cc(OC)c(OC)cc2[N+](=O)[O-])c(=O)[nH]c1=O. The second-order valence-corrected chi connectivity index (χ2v) is 10.1. The molecule has 0 saturated heterocycles. The molecule has 0 radical (unpaired) electrons. The van der Waals surface area contributed by atoms with Crippen molar-refractivity contribution in [2.75, 3.05) is 52.0 Å². The Bertz CT molecular complexity index is 1600. The van der Waals surface area contributed by atoms with Crippen molar-refractivity contribution in [3.05, 3.63) is 60.4 Å². The number of esters is 1. The van der Waals surface area contributed by atoms with E-state index in [0.29, 0.717) is 0 Å². The molecule has 1 heterocycles. The third-order valence-electron chi connectivity index (χ3n) is 5.57. The van der Waals surface area contributed by atoms with Gasteiger partial charge in [0.05, 0.1) is 56.7 Å². The second-order valence-electron chi connectivity index (χ2n) is 10.1. The first kappa shape index (κ1) is 36.5. The van der Waals surface area contributed by atoms with E-state index < -0.39 is 53.1 Å². The van der Waals surface area contributed by atoms with Crippen molar-refractivity contribution in [2.24, 2.45) is 0 Å². The van der Waals surface area contributed by atoms with Crippen LogP contribution in [0.15, 0.2) is 27.9 Å². The van der Waals surface area contributed by atoms with E-state index in [1.54, 1.807) is 27.7 Å². The van der Waals surface area contributed by atoms with Gasteiger partial charge in [-0.25, -0.2) is 19.1 Å². The highest BCUT2D eigenvalue weighted by Gasteiger charge is 2.21. The van der Waals surface area contributed by atoms with Gasteiger partial charge in [0.1, 0.15) is 24.3 Å². The number of hydrogen-bond acceptors (Lipinski definition) is 13. The molecule has 46 heavy (non-hydrogen) atoms. The van der Waals surface area contributed by atoms with Gasteiger partial charge in [0, 0.05) is 6.54 Å². The number of aromatic amines is 1. The van der Waals surface area contributed by atoms with Crippen LogP contribution in [0.4, 0.5) is 15.3 Å². The van der Waals surface area contributed by atoms with Crippen LogP contribution in [0.1, 0.15) is 38.8 Å². The molecule has 0 fully saturated rings. The number of H-pyrrole nitrogens is 1. The van der Waals surface area contributed by atoms with Crippen LogP contribution in [0.3, 0.4) is 0 Å². The summed E-state index contributed by atoms with van der Waals surface area (Å²) in [5.74, 6) is 4.70. The molecule has 0 aliphatic carbocycles. The predicted octanol–water partition coefficient (Wildman–Crippen LogP) is 0.766. The minimum Gasteiger partial charge on any atom is -0.493 e. The number of rotatable bonds is 13. The van der Waals surface area contributed by atoms with E-state index >= 15 is 0 Å². The van der Waals surface area contributed by atoms with Crippen molar-refractivity contribution in [1.29, 1.82) is 0 Å². The van der Waals surface area contributed by atoms with Crippen LogP contribution in [-0.2, 0) is 25.6 Å². The Kier molecular flexibility index (Phi) is 13.4. The van der Waals surface area contributed by atoms with Crippen molar-refractivity contribution in [3.8, 4) is 23.3 Å². The van der Waals surface area contributed by atoms with Crippen molar-refractivity contribution in [2.45, 2.75) is 39.9 Å². The average Bonchev–Trinajstić information content (AvgIpc) is 2.97. The Morgan fingerprint density at radius 1 is 1.07 bits per heavy atom. The van der Waals surface area contributed by atoms with Gasteiger partial charge >= 0.3 is 23.8 Å². The van der Waals surface area contributed by atoms with Crippen LogP contribution in [0, 0.1) is 22.0 Å². The molecular weight excluding hydrogens is 612 g/mol. The van der Waals surface area contributed by atoms with Crippen LogP contribution >= 0.6 is 0 Å². The molecule has 1 aromatic heterocycles. The van der Waals surface area contributed by atoms with E-state index in [2.05, 4.69) is 27.5 Å². The predicted molar refractivity (Wildman–Crippen MR) is 161 cm³/mol. The fourth-order valence-electron chi connectivity index (χ4n) is 3.63. The molecule has 2 rings (SSSR count). The van der Waals surface area contributed by atoms with Crippen LogP contribution in [0.5, 0.6) is 11.5 Å². The number of amides is 2. The molecule has 3 N–H and O–H groups in total. The largest absolute Gasteiger partial charge is 0.493 e. The minimum absolute atomic E-state index is 0.0423. The summed E-state index contributed by atoms with van der Waals surface area (Å²) in [5.41, 5.74) is -2.95. The third-order valence-corrected chi connectivity index (χ3v) is 5.57. The quantitative estimate of drug-likeness (QED) is 0.0899. The topological polar surface area (TPSA) is 223 Å². The fourth-order valence-corrected chi connectivity index (χ4v) is 3.63. The Hall–Kier alpha value is -5.73. The van der Waals surface area contributed by atoms with Crippen molar-refractivity contribution in [3.63, 3.8) is 0 Å². The normalized spacial score (nSPS) is 10.5. The molecule has 0 aliphatic rings. The number of aromatic nitrogens is 2. The van der Waals surface area contributed by atoms with E-state index in [-0.39, 0.29) is 54.6 Å². The summed E-state index contributed by atoms with van der Waals surface area (Å²) in [5, 5.41) is 17.5. The van der Waals surface area contributed by atoms with E-state index in [1.807, 2.05) is 0 Å². The van der Waals surface area contributed by atoms with Crippen molar-refractivity contribution >= 4 is 23.8 Å². The molecule has 0 spiro atoms. The van der Waals surface area contributed by atoms with Gasteiger partial charge < -0.3 is 34.3 Å². The summed E-state index contributed by atoms with van der Waals surface area (Å²) < 4.78 is 26.3. The molecule has 1 aromatic carbocycles. The third kappa shape index (κ3) is 11.4. The first-order valence-electron chi connectivity index (χ1n) is 13.7. The summed E-state index contributed by atoms with van der Waals surface area (Å²) in [6.45, 7) is 5.46. The number of hydrogen-bond donors (Lipinski definition) is 3. The Morgan fingerprint density at radius 2 is 1.74 bits per heavy atom. The monoisotopic (exact) mass is 648 g/mol. The highest BCUT2D eigenvalue weighted by Crippen LogP contribution is 2.34. The van der Waals surface area contributed by atoms with E-state index in [1.165, 1.54) is 25.3 Å². The first-order valence-corrected chi connectivity index (χ1v) is 13.7. The number of nitro groups is 1. The standard InChI is InChI=1S/C28H36N6O12/c1-7-44-23(35)16-32(12-11-30-27(39)46-28(2,3)4)33-15-18(24(36)31-25(33)37)9-8-10-29-26(38)45-17-19-13-21(42-5)22(43-6)14-20(19)34(40)41/h13-15H,7,10-12,16-17H2,1-6H3,(H,29,38)(H,30,39)(H,31,36,37). The maximum atomic E-state index is 12.6. The Balaban J connectivity index is 2.13. The molecule has 2 aromatic rings. The average molecular weight is 649 g/mol. The number of carbonyl (C=O) groups excluding carboxylic acids is 3. The van der Waals surface area contributed by atoms with Gasteiger partial charge in [-0.3, -0.25) is 29.7 Å². The summed E-state index contributed by atoms with van der Waals surface area (Å²) >= 11 is 0. The molecule has 0 bridgehead atoms. The fraction of sp³-hybridized carbons (Fsp3) is 0.464. The summed E-state index contributed by atoms with van der Waals surface area (Å²) in [6.07, 6.45) is -0.581. The molecule has 18 nitrogen and oxygen atoms in total. The highest BCUT2D eigenvalue weighted by atomic mass is 16.6. The van der Waals surface area contributed by atoms with E-state index in [4.69, 9.17) is 23.7 Å². The number of carbonyl (C=O) groups is 3. The summed E-state index contributed by atoms with van der Waals surface area (Å²) in [6, 6.07) is 2.45. The van der Waals surface area contributed by atoms with Gasteiger partial charge in [0.15, 0.2) is 11.5 Å². The minimum atomic E-state index is -0.963. The van der Waals surface area contributed by atoms with Crippen LogP contribution in [0.25, 0.3) is 0 Å². The lowest BCUT2D eigenvalue weighted by atomic mass is 10.1. The van der Waals surface area contributed by atoms with Gasteiger partial charge in [-0.1, -0.05) is 11.8 Å². The lowest BCUT2D eigenvalue weighted by Gasteiger charge is -2.26. The van der Waals surface area contributed by atoms with Crippen LogP contribution < -0.4 is 36.4 Å². The number of nitro benzene ring substituents is 1. The number of methoxy groups -OCH3 is 2. The molecule has 0 unspecified atom stereocenters. The zero-order valence-corrected chi connectivity index (χ0v) is 26.2. The highest BCUT2D eigenvalue weighted by molar-refractivity contribution is 5.73. The number of benzene rings is 1. The number of nitrogens with zero attached hydrogens (tertiary/aromatic N) is 3. The molecule has 2 amide bonds. The molecule has 0 aliphatic heterocycles. The van der Waals surface area contributed by atoms with Gasteiger partial charge in [-0.15, -0.1) is 0 Å². The van der Waals surface area contributed by atoms with E-state index in [9.17, 15) is 34.1 Å². The number of alkyl carbamates (subject to hydrolysis) is 2. The van der Waals surface area contributed by atoms with Crippen LogP contribution in [0.2, 0.25) is 0 Å². The molecule has 0 atom stereocenters. The maximum Gasteiger partial charge on any atom is 0.408 e. The zero-order chi connectivity index (χ0) is 34.4. The van der Waals surface area contributed by atoms with Crippen LogP contribution in [-0.4, -0.2) is 85.3 Å². The molecular formula is C28H36N6O12. The zero-order valence-electron chi connectivity index (χ0n) is 26.2. The first-order chi connectivity index (χ1) is 21.7. The lowest BCUT2D eigenvalue weighted by molar-refractivity contribution is -0.385. The molecule has 18 heteroatoms. The van der Waals surface area contributed by atoms with Gasteiger partial charge in [0.25, 0.3) is 11.2 Å². The number of ether oxygens (including phenoxy) is 5. The second kappa shape index (κ2) is 16.9. The Morgan fingerprint density at radius 3 is 2.35 bits per heavy atom. The Labute approximate surface area is 263 Å². The molecule has 250 valence electrons. The summed E-state index contributed by atoms with van der Waals surface area (Å²) in [7, 11) is 2.67.